The normalized spacial score (nSPS) is 22.5. The first-order chi connectivity index (χ1) is 7.79. The summed E-state index contributed by atoms with van der Waals surface area (Å²) in [5.41, 5.74) is 1.13. The first-order valence-electron chi connectivity index (χ1n) is 6.06. The lowest BCUT2D eigenvalue weighted by atomic mass is 10.0. The van der Waals surface area contributed by atoms with Crippen LogP contribution in [-0.4, -0.2) is 29.3 Å². The zero-order valence-electron chi connectivity index (χ0n) is 10.1. The summed E-state index contributed by atoms with van der Waals surface area (Å²) in [5.74, 6) is 0. The highest BCUT2D eigenvalue weighted by molar-refractivity contribution is 5.03. The molecule has 1 aromatic heterocycles. The van der Waals surface area contributed by atoms with E-state index in [1.807, 2.05) is 25.0 Å². The van der Waals surface area contributed by atoms with Gasteiger partial charge in [0.2, 0.25) is 0 Å². The molecular weight excluding hydrogens is 202 g/mol. The monoisotopic (exact) mass is 223 g/mol. The number of imidazole rings is 1. The maximum absolute atomic E-state index is 5.64. The van der Waals surface area contributed by atoms with Gasteiger partial charge in [-0.3, -0.25) is 0 Å². The van der Waals surface area contributed by atoms with E-state index in [1.54, 1.807) is 0 Å². The molecule has 90 valence electrons. The summed E-state index contributed by atoms with van der Waals surface area (Å²) in [6.45, 7) is 0.943. The third kappa shape index (κ3) is 2.83. The Morgan fingerprint density at radius 3 is 3.12 bits per heavy atom. The molecule has 4 heteroatoms. The van der Waals surface area contributed by atoms with Crippen LogP contribution in [0, 0.1) is 0 Å². The predicted octanol–water partition coefficient (Wildman–Crippen LogP) is 1.64. The second kappa shape index (κ2) is 5.46. The van der Waals surface area contributed by atoms with E-state index >= 15 is 0 Å². The largest absolute Gasteiger partial charge is 0.378 e. The first-order valence-corrected chi connectivity index (χ1v) is 6.06. The number of aromatic nitrogens is 2. The predicted molar refractivity (Wildman–Crippen MR) is 63.2 cm³/mol. The van der Waals surface area contributed by atoms with Crippen LogP contribution >= 0.6 is 0 Å². The minimum absolute atomic E-state index is 0.352. The lowest BCUT2D eigenvalue weighted by molar-refractivity contribution is 0.0997. The minimum atomic E-state index is 0.352. The molecule has 2 unspecified atom stereocenters. The van der Waals surface area contributed by atoms with Gasteiger partial charge in [-0.05, 0) is 32.7 Å². The van der Waals surface area contributed by atoms with Gasteiger partial charge in [0.1, 0.15) is 0 Å². The molecule has 0 spiro atoms. The van der Waals surface area contributed by atoms with Crippen molar-refractivity contribution in [2.45, 2.75) is 37.8 Å². The topological polar surface area (TPSA) is 39.1 Å². The zero-order chi connectivity index (χ0) is 11.4. The van der Waals surface area contributed by atoms with Gasteiger partial charge in [-0.15, -0.1) is 0 Å². The van der Waals surface area contributed by atoms with Crippen LogP contribution in [0.5, 0.6) is 0 Å². The third-order valence-electron chi connectivity index (χ3n) is 3.23. The van der Waals surface area contributed by atoms with E-state index in [4.69, 9.17) is 4.74 Å². The molecule has 1 saturated heterocycles. The summed E-state index contributed by atoms with van der Waals surface area (Å²) in [5, 5.41) is 3.32. The van der Waals surface area contributed by atoms with E-state index in [0.717, 1.165) is 25.1 Å². The smallest absolute Gasteiger partial charge is 0.0947 e. The Labute approximate surface area is 97.0 Å². The van der Waals surface area contributed by atoms with Gasteiger partial charge < -0.3 is 14.6 Å². The van der Waals surface area contributed by atoms with E-state index in [1.165, 1.54) is 12.8 Å². The van der Waals surface area contributed by atoms with Crippen molar-refractivity contribution in [2.75, 3.05) is 13.7 Å². The van der Waals surface area contributed by atoms with Crippen LogP contribution in [0.4, 0.5) is 0 Å². The van der Waals surface area contributed by atoms with Gasteiger partial charge in [0, 0.05) is 19.9 Å². The van der Waals surface area contributed by atoms with Crippen LogP contribution in [0.15, 0.2) is 12.5 Å². The van der Waals surface area contributed by atoms with E-state index in [9.17, 15) is 0 Å². The van der Waals surface area contributed by atoms with Crippen LogP contribution in [0.2, 0.25) is 0 Å². The first kappa shape index (κ1) is 11.6. The van der Waals surface area contributed by atoms with Crippen molar-refractivity contribution in [1.82, 2.24) is 14.9 Å². The Balaban J connectivity index is 1.85. The van der Waals surface area contributed by atoms with Crippen molar-refractivity contribution in [3.63, 3.8) is 0 Å². The van der Waals surface area contributed by atoms with Crippen molar-refractivity contribution < 1.29 is 4.74 Å². The number of hydrogen-bond donors (Lipinski definition) is 1. The lowest BCUT2D eigenvalue weighted by Crippen LogP contribution is -2.19. The maximum Gasteiger partial charge on any atom is 0.0947 e. The molecule has 16 heavy (non-hydrogen) atoms. The van der Waals surface area contributed by atoms with Crippen molar-refractivity contribution in [1.29, 1.82) is 0 Å². The van der Waals surface area contributed by atoms with Gasteiger partial charge in [-0.25, -0.2) is 4.98 Å². The molecule has 1 aliphatic rings. The van der Waals surface area contributed by atoms with Crippen molar-refractivity contribution in [3.05, 3.63) is 18.2 Å². The molecule has 4 nitrogen and oxygen atoms in total. The van der Waals surface area contributed by atoms with E-state index in [0.29, 0.717) is 12.1 Å². The molecule has 2 atom stereocenters. The number of ether oxygens (including phenoxy) is 1. The van der Waals surface area contributed by atoms with E-state index < -0.39 is 0 Å². The molecular formula is C12H21N3O. The Kier molecular flexibility index (Phi) is 3.96. The van der Waals surface area contributed by atoms with Gasteiger partial charge in [-0.1, -0.05) is 0 Å². The summed E-state index contributed by atoms with van der Waals surface area (Å²) in [7, 11) is 4.00. The number of nitrogens with zero attached hydrogens (tertiary/aromatic N) is 2. The summed E-state index contributed by atoms with van der Waals surface area (Å²) in [4.78, 5) is 4.39. The molecule has 1 N–H and O–H groups in total. The number of hydrogen-bond acceptors (Lipinski definition) is 3. The average molecular weight is 223 g/mol. The van der Waals surface area contributed by atoms with Crippen molar-refractivity contribution in [3.8, 4) is 0 Å². The van der Waals surface area contributed by atoms with Gasteiger partial charge in [-0.2, -0.15) is 0 Å². The van der Waals surface area contributed by atoms with Crippen LogP contribution in [0.3, 0.4) is 0 Å². The highest BCUT2D eigenvalue weighted by Gasteiger charge is 2.18. The van der Waals surface area contributed by atoms with Crippen LogP contribution in [0.25, 0.3) is 0 Å². The number of rotatable bonds is 5. The lowest BCUT2D eigenvalue weighted by Gasteiger charge is -2.16. The Morgan fingerprint density at radius 1 is 1.69 bits per heavy atom. The van der Waals surface area contributed by atoms with Gasteiger partial charge in [0.25, 0.3) is 0 Å². The summed E-state index contributed by atoms with van der Waals surface area (Å²) < 4.78 is 7.63. The standard InChI is InChI=1S/C12H21N3O/c1-13-11(12-8-15(2)9-14-12)6-5-10-4-3-7-16-10/h8-11,13H,3-7H2,1-2H3. The fourth-order valence-electron chi connectivity index (χ4n) is 2.28. The third-order valence-corrected chi connectivity index (χ3v) is 3.23. The summed E-state index contributed by atoms with van der Waals surface area (Å²) >= 11 is 0. The zero-order valence-corrected chi connectivity index (χ0v) is 10.1. The Morgan fingerprint density at radius 2 is 2.56 bits per heavy atom. The molecule has 0 radical (unpaired) electrons. The second-order valence-electron chi connectivity index (χ2n) is 4.52. The van der Waals surface area contributed by atoms with Gasteiger partial charge in [0.05, 0.1) is 24.2 Å². The highest BCUT2D eigenvalue weighted by atomic mass is 16.5. The molecule has 0 saturated carbocycles. The fraction of sp³-hybridized carbons (Fsp3) is 0.750. The van der Waals surface area contributed by atoms with Gasteiger partial charge >= 0.3 is 0 Å². The molecule has 2 heterocycles. The SMILES string of the molecule is CNC(CCC1CCCO1)c1cn(C)cn1. The molecule has 1 aliphatic heterocycles. The Bertz CT molecular complexity index is 318. The summed E-state index contributed by atoms with van der Waals surface area (Å²) in [6.07, 6.45) is 9.07. The number of nitrogens with one attached hydrogen (secondary N) is 1. The van der Waals surface area contributed by atoms with Crippen molar-refractivity contribution >= 4 is 0 Å². The van der Waals surface area contributed by atoms with Crippen LogP contribution in [0.1, 0.15) is 37.4 Å². The molecule has 0 bridgehead atoms. The molecule has 0 aliphatic carbocycles. The molecule has 2 rings (SSSR count). The average Bonchev–Trinajstić information content (AvgIpc) is 2.91. The van der Waals surface area contributed by atoms with Crippen LogP contribution in [-0.2, 0) is 11.8 Å². The van der Waals surface area contributed by atoms with E-state index in [-0.39, 0.29) is 0 Å². The van der Waals surface area contributed by atoms with E-state index in [2.05, 4.69) is 16.5 Å². The second-order valence-corrected chi connectivity index (χ2v) is 4.52. The summed E-state index contributed by atoms with van der Waals surface area (Å²) in [6, 6.07) is 0.352. The molecule has 1 aromatic rings. The fourth-order valence-corrected chi connectivity index (χ4v) is 2.28. The van der Waals surface area contributed by atoms with Crippen molar-refractivity contribution in [2.24, 2.45) is 7.05 Å². The Hall–Kier alpha value is -0.870. The highest BCUT2D eigenvalue weighted by Crippen LogP contribution is 2.22. The molecule has 0 aromatic carbocycles. The quantitative estimate of drug-likeness (QED) is 0.825. The van der Waals surface area contributed by atoms with Crippen LogP contribution < -0.4 is 5.32 Å². The maximum atomic E-state index is 5.64. The number of aryl methyl sites for hydroxylation is 1. The molecule has 0 amide bonds. The molecule has 1 fully saturated rings. The minimum Gasteiger partial charge on any atom is -0.378 e. The van der Waals surface area contributed by atoms with Gasteiger partial charge in [0.15, 0.2) is 0 Å².